The molecule has 0 bridgehead atoms. The van der Waals surface area contributed by atoms with Crippen molar-refractivity contribution in [2.45, 2.75) is 6.92 Å². The molecule has 1 N–H and O–H groups in total. The first kappa shape index (κ1) is 21.1. The van der Waals surface area contributed by atoms with E-state index >= 15 is 0 Å². The van der Waals surface area contributed by atoms with Gasteiger partial charge in [0.25, 0.3) is 17.7 Å². The van der Waals surface area contributed by atoms with Crippen molar-refractivity contribution in [1.29, 1.82) is 0 Å². The van der Waals surface area contributed by atoms with Crippen LogP contribution in [-0.4, -0.2) is 41.7 Å². The van der Waals surface area contributed by atoms with E-state index in [9.17, 15) is 19.2 Å². The lowest BCUT2D eigenvalue weighted by Gasteiger charge is -2.13. The second kappa shape index (κ2) is 8.41. The Morgan fingerprint density at radius 3 is 2.14 bits per heavy atom. The van der Waals surface area contributed by atoms with Crippen LogP contribution in [0.1, 0.15) is 26.3 Å². The molecule has 2 aromatic carbocycles. The summed E-state index contributed by atoms with van der Waals surface area (Å²) in [6.45, 7) is 0.533. The smallest absolute Gasteiger partial charge is 0.326 e. The number of fused-ring (bicyclic) bond motifs is 1. The van der Waals surface area contributed by atoms with Gasteiger partial charge in [-0.3, -0.25) is 24.1 Å². The van der Waals surface area contributed by atoms with Gasteiger partial charge in [-0.25, -0.2) is 0 Å². The highest BCUT2D eigenvalue weighted by molar-refractivity contribution is 6.43. The summed E-state index contributed by atoms with van der Waals surface area (Å²) < 4.78 is 4.87. The molecule has 10 heteroatoms. The van der Waals surface area contributed by atoms with Crippen molar-refractivity contribution in [2.24, 2.45) is 0 Å². The molecule has 0 atom stereocenters. The minimum absolute atomic E-state index is 0.0492. The largest absolute Gasteiger partial charge is 0.454 e. The molecule has 7 nitrogen and oxygen atoms in total. The van der Waals surface area contributed by atoms with Crippen LogP contribution in [0.25, 0.3) is 0 Å². The van der Waals surface area contributed by atoms with E-state index in [2.05, 4.69) is 5.32 Å². The zero-order valence-corrected chi connectivity index (χ0v) is 17.2. The molecular formula is C19H13Cl3N2O5. The fraction of sp³-hybridized carbons (Fsp3) is 0.158. The van der Waals surface area contributed by atoms with Crippen molar-refractivity contribution in [1.82, 2.24) is 4.90 Å². The number of ether oxygens (including phenoxy) is 1. The molecule has 0 saturated carbocycles. The van der Waals surface area contributed by atoms with Crippen molar-refractivity contribution < 1.29 is 23.9 Å². The number of hydrogen-bond acceptors (Lipinski definition) is 5. The van der Waals surface area contributed by atoms with E-state index in [1.165, 1.54) is 12.1 Å². The van der Waals surface area contributed by atoms with E-state index in [0.29, 0.717) is 15.6 Å². The number of nitrogens with one attached hydrogen (secondary N) is 1. The number of esters is 1. The van der Waals surface area contributed by atoms with E-state index in [1.54, 1.807) is 25.1 Å². The van der Waals surface area contributed by atoms with Gasteiger partial charge in [0.05, 0.1) is 21.2 Å². The van der Waals surface area contributed by atoms with Crippen molar-refractivity contribution in [3.8, 4) is 0 Å². The van der Waals surface area contributed by atoms with Gasteiger partial charge in [-0.05, 0) is 42.8 Å². The van der Waals surface area contributed by atoms with E-state index in [4.69, 9.17) is 39.5 Å². The van der Waals surface area contributed by atoms with E-state index in [-0.39, 0.29) is 21.2 Å². The summed E-state index contributed by atoms with van der Waals surface area (Å²) in [4.78, 5) is 49.4. The molecule has 2 aromatic rings. The second-order valence-corrected chi connectivity index (χ2v) is 7.43. The van der Waals surface area contributed by atoms with Gasteiger partial charge in [0, 0.05) is 10.7 Å². The third-order valence-electron chi connectivity index (χ3n) is 4.13. The Morgan fingerprint density at radius 2 is 1.59 bits per heavy atom. The van der Waals surface area contributed by atoms with Gasteiger partial charge in [-0.1, -0.05) is 34.8 Å². The number of hydrogen-bond donors (Lipinski definition) is 1. The number of aryl methyl sites for hydroxylation is 1. The minimum atomic E-state index is -0.917. The van der Waals surface area contributed by atoms with Gasteiger partial charge in [0.15, 0.2) is 6.61 Å². The molecule has 1 aliphatic rings. The Labute approximate surface area is 180 Å². The fourth-order valence-electron chi connectivity index (χ4n) is 2.70. The third kappa shape index (κ3) is 4.53. The lowest BCUT2D eigenvalue weighted by atomic mass is 10.1. The highest BCUT2D eigenvalue weighted by atomic mass is 35.5. The molecule has 0 fully saturated rings. The molecule has 0 unspecified atom stereocenters. The van der Waals surface area contributed by atoms with Crippen LogP contribution in [0.2, 0.25) is 15.1 Å². The summed E-state index contributed by atoms with van der Waals surface area (Å²) in [5.74, 6) is -2.88. The SMILES string of the molecule is Cc1cc(Cl)ccc1NC(=O)COC(=O)CN1C(=O)c2cc(Cl)c(Cl)cc2C1=O. The van der Waals surface area contributed by atoms with Crippen molar-refractivity contribution in [3.63, 3.8) is 0 Å². The number of amides is 3. The van der Waals surface area contributed by atoms with E-state index in [0.717, 1.165) is 5.56 Å². The molecular weight excluding hydrogens is 443 g/mol. The number of carbonyl (C=O) groups is 4. The molecule has 29 heavy (non-hydrogen) atoms. The van der Waals surface area contributed by atoms with Crippen LogP contribution in [0.3, 0.4) is 0 Å². The molecule has 0 radical (unpaired) electrons. The summed E-state index contributed by atoms with van der Waals surface area (Å²) in [6.07, 6.45) is 0. The molecule has 0 aliphatic carbocycles. The summed E-state index contributed by atoms with van der Waals surface area (Å²) in [6, 6.07) is 7.44. The van der Waals surface area contributed by atoms with Crippen molar-refractivity contribution in [3.05, 3.63) is 62.1 Å². The van der Waals surface area contributed by atoms with E-state index < -0.39 is 36.8 Å². The van der Waals surface area contributed by atoms with Crippen molar-refractivity contribution >= 4 is 64.2 Å². The lowest BCUT2D eigenvalue weighted by Crippen LogP contribution is -2.36. The number of nitrogens with zero attached hydrogens (tertiary/aromatic N) is 1. The van der Waals surface area contributed by atoms with Crippen LogP contribution >= 0.6 is 34.8 Å². The first-order valence-corrected chi connectivity index (χ1v) is 9.37. The normalized spacial score (nSPS) is 12.8. The maximum atomic E-state index is 12.4. The van der Waals surface area contributed by atoms with Gasteiger partial charge in [-0.2, -0.15) is 0 Å². The predicted octanol–water partition coefficient (Wildman–Crippen LogP) is 3.73. The van der Waals surface area contributed by atoms with Gasteiger partial charge in [0.1, 0.15) is 6.54 Å². The maximum absolute atomic E-state index is 12.4. The maximum Gasteiger partial charge on any atom is 0.326 e. The average molecular weight is 456 g/mol. The molecule has 0 spiro atoms. The van der Waals surface area contributed by atoms with Crippen LogP contribution in [0.15, 0.2) is 30.3 Å². The van der Waals surface area contributed by atoms with Gasteiger partial charge in [0.2, 0.25) is 0 Å². The predicted molar refractivity (Wildman–Crippen MR) is 108 cm³/mol. The summed E-state index contributed by atoms with van der Waals surface area (Å²) in [7, 11) is 0. The average Bonchev–Trinajstić information content (AvgIpc) is 2.87. The van der Waals surface area contributed by atoms with E-state index in [1.807, 2.05) is 0 Å². The number of halogens is 3. The molecule has 3 amide bonds. The number of anilines is 1. The topological polar surface area (TPSA) is 92.8 Å². The van der Waals surface area contributed by atoms with Crippen LogP contribution in [0, 0.1) is 6.92 Å². The van der Waals surface area contributed by atoms with Crippen LogP contribution in [-0.2, 0) is 14.3 Å². The zero-order chi connectivity index (χ0) is 21.3. The van der Waals surface area contributed by atoms with Gasteiger partial charge in [-0.15, -0.1) is 0 Å². The molecule has 1 aliphatic heterocycles. The number of rotatable bonds is 5. The number of imide groups is 1. The standard InChI is InChI=1S/C19H13Cl3N2O5/c1-9-4-10(20)2-3-15(9)23-16(25)8-29-17(26)7-24-18(27)11-5-13(21)14(22)6-12(11)19(24)28/h2-6H,7-8H2,1H3,(H,23,25). The summed E-state index contributed by atoms with van der Waals surface area (Å²) in [5.41, 5.74) is 1.35. The van der Waals surface area contributed by atoms with Gasteiger partial charge >= 0.3 is 5.97 Å². The lowest BCUT2D eigenvalue weighted by molar-refractivity contribution is -0.147. The third-order valence-corrected chi connectivity index (χ3v) is 5.08. The monoisotopic (exact) mass is 454 g/mol. The fourth-order valence-corrected chi connectivity index (χ4v) is 3.26. The molecule has 0 saturated heterocycles. The zero-order valence-electron chi connectivity index (χ0n) is 14.9. The Kier molecular flexibility index (Phi) is 6.12. The Hall–Kier alpha value is -2.61. The first-order chi connectivity index (χ1) is 13.7. The molecule has 1 heterocycles. The minimum Gasteiger partial charge on any atom is -0.454 e. The second-order valence-electron chi connectivity index (χ2n) is 6.18. The Balaban J connectivity index is 1.58. The van der Waals surface area contributed by atoms with Gasteiger partial charge < -0.3 is 10.1 Å². The van der Waals surface area contributed by atoms with Crippen LogP contribution in [0.5, 0.6) is 0 Å². The highest BCUT2D eigenvalue weighted by Crippen LogP contribution is 2.31. The van der Waals surface area contributed by atoms with Crippen molar-refractivity contribution in [2.75, 3.05) is 18.5 Å². The number of carbonyl (C=O) groups excluding carboxylic acids is 4. The van der Waals surface area contributed by atoms with Crippen LogP contribution < -0.4 is 5.32 Å². The Bertz CT molecular complexity index is 1010. The summed E-state index contributed by atoms with van der Waals surface area (Å²) in [5, 5.41) is 3.33. The summed E-state index contributed by atoms with van der Waals surface area (Å²) >= 11 is 17.6. The molecule has 3 rings (SSSR count). The molecule has 150 valence electrons. The highest BCUT2D eigenvalue weighted by Gasteiger charge is 2.37. The quantitative estimate of drug-likeness (QED) is 0.548. The first-order valence-electron chi connectivity index (χ1n) is 8.24. The van der Waals surface area contributed by atoms with Crippen LogP contribution in [0.4, 0.5) is 5.69 Å². The molecule has 0 aromatic heterocycles. The number of benzene rings is 2. The Morgan fingerprint density at radius 1 is 1.00 bits per heavy atom.